The smallest absolute Gasteiger partial charge is 0.234 e. The summed E-state index contributed by atoms with van der Waals surface area (Å²) in [4.78, 5) is 12.7. The van der Waals surface area contributed by atoms with Gasteiger partial charge in [-0.15, -0.1) is 10.2 Å². The number of para-hydroxylation sites is 1. The van der Waals surface area contributed by atoms with Crippen molar-refractivity contribution in [3.63, 3.8) is 0 Å². The van der Waals surface area contributed by atoms with Crippen LogP contribution < -0.4 is 14.8 Å². The Kier molecular flexibility index (Phi) is 5.32. The molecular weight excluding hydrogens is 472 g/mol. The Labute approximate surface area is 202 Å². The number of aromatic nitrogens is 5. The molecule has 1 aliphatic rings. The zero-order chi connectivity index (χ0) is 22.9. The first-order valence-corrected chi connectivity index (χ1v) is 12.0. The van der Waals surface area contributed by atoms with Crippen molar-refractivity contribution in [3.8, 4) is 28.6 Å². The number of thioether (sulfide) groups is 1. The van der Waals surface area contributed by atoms with Crippen LogP contribution >= 0.6 is 23.5 Å². The fourth-order valence-electron chi connectivity index (χ4n) is 3.62. The average molecular weight is 489 g/mol. The molecule has 1 aliphatic heterocycles. The second kappa shape index (κ2) is 8.76. The number of hydrogen-bond donors (Lipinski definition) is 1. The van der Waals surface area contributed by atoms with Crippen molar-refractivity contribution in [3.05, 3.63) is 66.7 Å². The van der Waals surface area contributed by atoms with E-state index in [-0.39, 0.29) is 18.5 Å². The van der Waals surface area contributed by atoms with Gasteiger partial charge in [0.25, 0.3) is 0 Å². The molecule has 5 aromatic rings. The Morgan fingerprint density at radius 1 is 1.00 bits per heavy atom. The number of anilines is 1. The van der Waals surface area contributed by atoms with Crippen LogP contribution in [0.4, 0.5) is 5.69 Å². The van der Waals surface area contributed by atoms with Gasteiger partial charge in [-0.1, -0.05) is 36.0 Å². The van der Waals surface area contributed by atoms with E-state index in [1.807, 2.05) is 71.3 Å². The number of fused-ring (bicyclic) bond motifs is 2. The lowest BCUT2D eigenvalue weighted by Crippen LogP contribution is -2.15. The monoisotopic (exact) mass is 488 g/mol. The predicted octanol–water partition coefficient (Wildman–Crippen LogP) is 4.40. The fourth-order valence-corrected chi connectivity index (χ4v) is 4.92. The van der Waals surface area contributed by atoms with E-state index < -0.39 is 0 Å². The normalized spacial score (nSPS) is 12.2. The molecule has 0 radical (unpaired) electrons. The van der Waals surface area contributed by atoms with Crippen molar-refractivity contribution in [1.82, 2.24) is 23.5 Å². The van der Waals surface area contributed by atoms with Gasteiger partial charge in [0.2, 0.25) is 12.7 Å². The highest BCUT2D eigenvalue weighted by molar-refractivity contribution is 7.99. The summed E-state index contributed by atoms with van der Waals surface area (Å²) in [5.74, 6) is 1.99. The van der Waals surface area contributed by atoms with E-state index in [4.69, 9.17) is 9.47 Å². The molecule has 0 saturated carbocycles. The highest BCUT2D eigenvalue weighted by atomic mass is 32.2. The Morgan fingerprint density at radius 3 is 2.79 bits per heavy atom. The molecule has 0 saturated heterocycles. The van der Waals surface area contributed by atoms with Crippen LogP contribution in [-0.4, -0.2) is 42.0 Å². The van der Waals surface area contributed by atoms with Crippen LogP contribution in [0.15, 0.2) is 71.9 Å². The molecule has 0 bridgehead atoms. The minimum absolute atomic E-state index is 0.153. The molecule has 2 aromatic heterocycles. The Bertz CT molecular complexity index is 1500. The van der Waals surface area contributed by atoms with Gasteiger partial charge in [0.05, 0.1) is 23.2 Å². The predicted molar refractivity (Wildman–Crippen MR) is 130 cm³/mol. The molecule has 0 aliphatic carbocycles. The van der Waals surface area contributed by atoms with Gasteiger partial charge in [-0.3, -0.25) is 9.36 Å². The van der Waals surface area contributed by atoms with E-state index in [0.717, 1.165) is 28.5 Å². The number of amides is 1. The maximum Gasteiger partial charge on any atom is 0.234 e. The molecule has 1 amide bonds. The highest BCUT2D eigenvalue weighted by Crippen LogP contribution is 2.37. The van der Waals surface area contributed by atoms with Crippen LogP contribution in [0.3, 0.4) is 0 Å². The van der Waals surface area contributed by atoms with Crippen LogP contribution in [0.5, 0.6) is 11.5 Å². The van der Waals surface area contributed by atoms with Crippen LogP contribution in [0, 0.1) is 0 Å². The molecule has 0 unspecified atom stereocenters. The van der Waals surface area contributed by atoms with Crippen molar-refractivity contribution in [2.45, 2.75) is 5.16 Å². The summed E-state index contributed by atoms with van der Waals surface area (Å²) >= 11 is 2.42. The summed E-state index contributed by atoms with van der Waals surface area (Å²) in [6, 6.07) is 21.0. The standard InChI is InChI=1S/C23H16N6O3S2/c30-20(24-16-7-4-8-17-21(16)28-34-27-17)12-33-23-26-25-22(29(23)15-5-2-1-3-6-15)14-9-10-18-19(11-14)32-13-31-18/h1-11H,12-13H2,(H,24,30). The van der Waals surface area contributed by atoms with Crippen LogP contribution in [0.25, 0.3) is 28.1 Å². The summed E-state index contributed by atoms with van der Waals surface area (Å²) < 4.78 is 21.4. The molecule has 0 fully saturated rings. The van der Waals surface area contributed by atoms with Gasteiger partial charge in [-0.25, -0.2) is 0 Å². The van der Waals surface area contributed by atoms with E-state index >= 15 is 0 Å². The lowest BCUT2D eigenvalue weighted by Gasteiger charge is -2.11. The highest BCUT2D eigenvalue weighted by Gasteiger charge is 2.21. The van der Waals surface area contributed by atoms with Crippen LogP contribution in [0.1, 0.15) is 0 Å². The second-order valence-corrected chi connectivity index (χ2v) is 8.79. The maximum atomic E-state index is 12.7. The second-order valence-electron chi connectivity index (χ2n) is 7.32. The minimum Gasteiger partial charge on any atom is -0.454 e. The summed E-state index contributed by atoms with van der Waals surface area (Å²) in [5.41, 5.74) is 3.81. The molecule has 3 aromatic carbocycles. The average Bonchev–Trinajstić information content (AvgIpc) is 3.62. The van der Waals surface area contributed by atoms with Gasteiger partial charge in [0.15, 0.2) is 22.5 Å². The number of carbonyl (C=O) groups excluding carboxylic acids is 1. The maximum absolute atomic E-state index is 12.7. The summed E-state index contributed by atoms with van der Waals surface area (Å²) in [6.45, 7) is 0.199. The first-order valence-electron chi connectivity index (χ1n) is 10.3. The molecule has 1 N–H and O–H groups in total. The summed E-state index contributed by atoms with van der Waals surface area (Å²) in [5, 5.41) is 12.3. The van der Waals surface area contributed by atoms with Gasteiger partial charge in [-0.05, 0) is 42.5 Å². The number of benzene rings is 3. The largest absolute Gasteiger partial charge is 0.454 e. The zero-order valence-electron chi connectivity index (χ0n) is 17.5. The molecule has 3 heterocycles. The molecule has 6 rings (SSSR count). The van der Waals surface area contributed by atoms with Gasteiger partial charge in [-0.2, -0.15) is 8.75 Å². The summed E-state index contributed by atoms with van der Waals surface area (Å²) in [7, 11) is 0. The molecular formula is C23H16N6O3S2. The quantitative estimate of drug-likeness (QED) is 0.351. The van der Waals surface area contributed by atoms with Crippen molar-refractivity contribution in [2.75, 3.05) is 17.9 Å². The van der Waals surface area contributed by atoms with Crippen molar-refractivity contribution >= 4 is 46.1 Å². The fraction of sp³-hybridized carbons (Fsp3) is 0.0870. The summed E-state index contributed by atoms with van der Waals surface area (Å²) in [6.07, 6.45) is 0. The van der Waals surface area contributed by atoms with Crippen molar-refractivity contribution in [1.29, 1.82) is 0 Å². The van der Waals surface area contributed by atoms with Crippen LogP contribution in [0.2, 0.25) is 0 Å². The first-order chi connectivity index (χ1) is 16.8. The Morgan fingerprint density at radius 2 is 1.88 bits per heavy atom. The minimum atomic E-state index is -0.169. The van der Waals surface area contributed by atoms with E-state index in [1.54, 1.807) is 0 Å². The van der Waals surface area contributed by atoms with Gasteiger partial charge < -0.3 is 14.8 Å². The molecule has 168 valence electrons. The number of rotatable bonds is 6. The van der Waals surface area contributed by atoms with Crippen molar-refractivity contribution in [2.24, 2.45) is 0 Å². The molecule has 0 spiro atoms. The number of hydrogen-bond acceptors (Lipinski definition) is 9. The molecule has 0 atom stereocenters. The molecule has 34 heavy (non-hydrogen) atoms. The first kappa shape index (κ1) is 20.6. The van der Waals surface area contributed by atoms with E-state index in [9.17, 15) is 4.79 Å². The van der Waals surface area contributed by atoms with Crippen molar-refractivity contribution < 1.29 is 14.3 Å². The van der Waals surface area contributed by atoms with Gasteiger partial charge >= 0.3 is 0 Å². The Hall–Kier alpha value is -3.96. The lowest BCUT2D eigenvalue weighted by molar-refractivity contribution is -0.113. The number of carbonyl (C=O) groups is 1. The third-order valence-corrected chi connectivity index (χ3v) is 6.64. The third-order valence-electron chi connectivity index (χ3n) is 5.17. The number of ether oxygens (including phenoxy) is 2. The zero-order valence-corrected chi connectivity index (χ0v) is 19.2. The van der Waals surface area contributed by atoms with Gasteiger partial charge in [0.1, 0.15) is 11.0 Å². The molecule has 11 heteroatoms. The topological polar surface area (TPSA) is 104 Å². The van der Waals surface area contributed by atoms with Gasteiger partial charge in [0, 0.05) is 11.3 Å². The van der Waals surface area contributed by atoms with E-state index in [1.165, 1.54) is 11.8 Å². The third kappa shape index (κ3) is 3.84. The molecule has 9 nitrogen and oxygen atoms in total. The SMILES string of the molecule is O=C(CSc1nnc(-c2ccc3c(c2)OCO3)n1-c1ccccc1)Nc1cccc2nsnc12. The lowest BCUT2D eigenvalue weighted by atomic mass is 10.2. The van der Waals surface area contributed by atoms with Crippen LogP contribution in [-0.2, 0) is 4.79 Å². The number of nitrogens with zero attached hydrogens (tertiary/aromatic N) is 5. The number of nitrogens with one attached hydrogen (secondary N) is 1. The Balaban J connectivity index is 1.28. The van der Waals surface area contributed by atoms with E-state index in [2.05, 4.69) is 24.3 Å². The van der Waals surface area contributed by atoms with E-state index in [0.29, 0.717) is 33.7 Å².